The first-order valence-electron chi connectivity index (χ1n) is 7.01. The smallest absolute Gasteiger partial charge is 0.224 e. The van der Waals surface area contributed by atoms with Crippen LogP contribution in [0.3, 0.4) is 0 Å². The maximum Gasteiger partial charge on any atom is 0.224 e. The standard InChI is InChI=1S/C17H17N3O/c1-3-17(21)18-14-6-4-13(5-7-14)15-11-20-9-8-12(2)10-16(20)19-15/h4-11H,3H2,1-2H3,(H,18,21). The Hall–Kier alpha value is -2.62. The molecule has 2 aromatic heterocycles. The molecule has 0 aliphatic rings. The van der Waals surface area contributed by atoms with Gasteiger partial charge in [0.2, 0.25) is 5.91 Å². The minimum absolute atomic E-state index is 0.0194. The number of pyridine rings is 1. The first-order valence-corrected chi connectivity index (χ1v) is 7.01. The summed E-state index contributed by atoms with van der Waals surface area (Å²) in [5, 5.41) is 2.84. The number of hydrogen-bond donors (Lipinski definition) is 1. The molecular weight excluding hydrogens is 262 g/mol. The molecule has 106 valence electrons. The summed E-state index contributed by atoms with van der Waals surface area (Å²) in [6.07, 6.45) is 4.50. The van der Waals surface area contributed by atoms with Crippen molar-refractivity contribution in [3.8, 4) is 11.3 Å². The van der Waals surface area contributed by atoms with E-state index in [1.54, 1.807) is 0 Å². The molecule has 0 radical (unpaired) electrons. The Morgan fingerprint density at radius 1 is 1.24 bits per heavy atom. The number of hydrogen-bond acceptors (Lipinski definition) is 2. The van der Waals surface area contributed by atoms with E-state index in [-0.39, 0.29) is 5.91 Å². The second-order valence-electron chi connectivity index (χ2n) is 5.07. The maximum atomic E-state index is 11.4. The molecule has 21 heavy (non-hydrogen) atoms. The lowest BCUT2D eigenvalue weighted by atomic mass is 10.1. The number of nitrogens with zero attached hydrogens (tertiary/aromatic N) is 2. The highest BCUT2D eigenvalue weighted by molar-refractivity contribution is 5.90. The quantitative estimate of drug-likeness (QED) is 0.795. The lowest BCUT2D eigenvalue weighted by molar-refractivity contribution is -0.115. The molecule has 0 saturated carbocycles. The van der Waals surface area contributed by atoms with Gasteiger partial charge in [0, 0.05) is 30.1 Å². The van der Waals surface area contributed by atoms with Crippen LogP contribution < -0.4 is 5.32 Å². The number of aromatic nitrogens is 2. The molecule has 0 unspecified atom stereocenters. The van der Waals surface area contributed by atoms with Gasteiger partial charge in [-0.3, -0.25) is 4.79 Å². The highest BCUT2D eigenvalue weighted by Gasteiger charge is 2.05. The number of amides is 1. The summed E-state index contributed by atoms with van der Waals surface area (Å²) in [6.45, 7) is 3.89. The molecule has 0 fully saturated rings. The predicted molar refractivity (Wildman–Crippen MR) is 84.3 cm³/mol. The van der Waals surface area contributed by atoms with Gasteiger partial charge in [-0.25, -0.2) is 4.98 Å². The lowest BCUT2D eigenvalue weighted by Gasteiger charge is -2.03. The van der Waals surface area contributed by atoms with Crippen LogP contribution in [0, 0.1) is 6.92 Å². The van der Waals surface area contributed by atoms with Gasteiger partial charge in [-0.05, 0) is 36.8 Å². The summed E-state index contributed by atoms with van der Waals surface area (Å²) in [6, 6.07) is 11.9. The van der Waals surface area contributed by atoms with Crippen LogP contribution in [0.5, 0.6) is 0 Å². The van der Waals surface area contributed by atoms with Crippen LogP contribution in [-0.4, -0.2) is 15.3 Å². The molecule has 1 aromatic carbocycles. The first kappa shape index (κ1) is 13.4. The minimum Gasteiger partial charge on any atom is -0.326 e. The van der Waals surface area contributed by atoms with Crippen molar-refractivity contribution in [1.29, 1.82) is 0 Å². The number of fused-ring (bicyclic) bond motifs is 1. The number of carbonyl (C=O) groups excluding carboxylic acids is 1. The molecule has 3 aromatic rings. The molecule has 4 heteroatoms. The van der Waals surface area contributed by atoms with Gasteiger partial charge < -0.3 is 9.72 Å². The third-order valence-electron chi connectivity index (χ3n) is 3.40. The van der Waals surface area contributed by atoms with Crippen molar-refractivity contribution < 1.29 is 4.79 Å². The monoisotopic (exact) mass is 279 g/mol. The number of rotatable bonds is 3. The van der Waals surface area contributed by atoms with Gasteiger partial charge >= 0.3 is 0 Å². The van der Waals surface area contributed by atoms with Crippen molar-refractivity contribution in [1.82, 2.24) is 9.38 Å². The molecule has 3 rings (SSSR count). The fraction of sp³-hybridized carbons (Fsp3) is 0.176. The van der Waals surface area contributed by atoms with E-state index in [1.165, 1.54) is 5.56 Å². The molecular formula is C17H17N3O. The van der Waals surface area contributed by atoms with Crippen molar-refractivity contribution >= 4 is 17.2 Å². The Morgan fingerprint density at radius 3 is 2.71 bits per heavy atom. The molecule has 0 saturated heterocycles. The van der Waals surface area contributed by atoms with Crippen molar-refractivity contribution in [2.45, 2.75) is 20.3 Å². The van der Waals surface area contributed by atoms with Gasteiger partial charge in [-0.1, -0.05) is 19.1 Å². The summed E-state index contributed by atoms with van der Waals surface area (Å²) in [4.78, 5) is 16.0. The SMILES string of the molecule is CCC(=O)Nc1ccc(-c2cn3ccc(C)cc3n2)cc1. The normalized spacial score (nSPS) is 10.8. The van der Waals surface area contributed by atoms with Crippen LogP contribution >= 0.6 is 0 Å². The zero-order chi connectivity index (χ0) is 14.8. The molecule has 1 N–H and O–H groups in total. The number of benzene rings is 1. The third kappa shape index (κ3) is 2.79. The summed E-state index contributed by atoms with van der Waals surface area (Å²) < 4.78 is 2.01. The highest BCUT2D eigenvalue weighted by atomic mass is 16.1. The number of aryl methyl sites for hydroxylation is 1. The van der Waals surface area contributed by atoms with Gasteiger partial charge in [0.05, 0.1) is 5.69 Å². The predicted octanol–water partition coefficient (Wildman–Crippen LogP) is 3.66. The zero-order valence-corrected chi connectivity index (χ0v) is 12.1. The van der Waals surface area contributed by atoms with E-state index in [9.17, 15) is 4.79 Å². The molecule has 0 bridgehead atoms. The molecule has 0 aliphatic heterocycles. The van der Waals surface area contributed by atoms with Crippen molar-refractivity contribution in [2.75, 3.05) is 5.32 Å². The molecule has 0 spiro atoms. The molecule has 0 atom stereocenters. The highest BCUT2D eigenvalue weighted by Crippen LogP contribution is 2.21. The van der Waals surface area contributed by atoms with E-state index in [0.717, 1.165) is 22.6 Å². The molecule has 0 aliphatic carbocycles. The minimum atomic E-state index is 0.0194. The summed E-state index contributed by atoms with van der Waals surface area (Å²) in [5.74, 6) is 0.0194. The summed E-state index contributed by atoms with van der Waals surface area (Å²) >= 11 is 0. The van der Waals surface area contributed by atoms with Crippen molar-refractivity contribution in [3.05, 3.63) is 54.4 Å². The number of imidazole rings is 1. The second-order valence-corrected chi connectivity index (χ2v) is 5.07. The van der Waals surface area contributed by atoms with Gasteiger partial charge in [-0.2, -0.15) is 0 Å². The Balaban J connectivity index is 1.90. The van der Waals surface area contributed by atoms with E-state index >= 15 is 0 Å². The molecule has 4 nitrogen and oxygen atoms in total. The fourth-order valence-corrected chi connectivity index (χ4v) is 2.20. The first-order chi connectivity index (χ1) is 10.2. The van der Waals surface area contributed by atoms with E-state index in [2.05, 4.69) is 29.4 Å². The van der Waals surface area contributed by atoms with Crippen LogP contribution in [-0.2, 0) is 4.79 Å². The van der Waals surface area contributed by atoms with Gasteiger partial charge in [0.15, 0.2) is 0 Å². The lowest BCUT2D eigenvalue weighted by Crippen LogP contribution is -2.08. The maximum absolute atomic E-state index is 11.4. The van der Waals surface area contributed by atoms with Crippen LogP contribution in [0.1, 0.15) is 18.9 Å². The number of nitrogens with one attached hydrogen (secondary N) is 1. The van der Waals surface area contributed by atoms with Crippen LogP contribution in [0.15, 0.2) is 48.8 Å². The van der Waals surface area contributed by atoms with E-state index in [1.807, 2.05) is 48.0 Å². The van der Waals surface area contributed by atoms with E-state index in [0.29, 0.717) is 6.42 Å². The Morgan fingerprint density at radius 2 is 2.00 bits per heavy atom. The van der Waals surface area contributed by atoms with Crippen LogP contribution in [0.2, 0.25) is 0 Å². The summed E-state index contributed by atoms with van der Waals surface area (Å²) in [5.41, 5.74) is 4.90. The molecule has 1 amide bonds. The number of anilines is 1. The molecule has 2 heterocycles. The van der Waals surface area contributed by atoms with Crippen LogP contribution in [0.4, 0.5) is 5.69 Å². The average Bonchev–Trinajstić information content (AvgIpc) is 2.90. The zero-order valence-electron chi connectivity index (χ0n) is 12.1. The average molecular weight is 279 g/mol. The summed E-state index contributed by atoms with van der Waals surface area (Å²) in [7, 11) is 0. The van der Waals surface area contributed by atoms with Gasteiger partial charge in [-0.15, -0.1) is 0 Å². The third-order valence-corrected chi connectivity index (χ3v) is 3.40. The van der Waals surface area contributed by atoms with Gasteiger partial charge in [0.25, 0.3) is 0 Å². The largest absolute Gasteiger partial charge is 0.326 e. The fourth-order valence-electron chi connectivity index (χ4n) is 2.20. The Bertz CT molecular complexity index is 787. The number of carbonyl (C=O) groups is 1. The van der Waals surface area contributed by atoms with Crippen molar-refractivity contribution in [2.24, 2.45) is 0 Å². The van der Waals surface area contributed by atoms with Crippen molar-refractivity contribution in [3.63, 3.8) is 0 Å². The Labute approximate surface area is 123 Å². The topological polar surface area (TPSA) is 46.4 Å². The van der Waals surface area contributed by atoms with Gasteiger partial charge in [0.1, 0.15) is 5.65 Å². The van der Waals surface area contributed by atoms with E-state index in [4.69, 9.17) is 0 Å². The second kappa shape index (κ2) is 5.40. The van der Waals surface area contributed by atoms with E-state index < -0.39 is 0 Å². The van der Waals surface area contributed by atoms with Crippen LogP contribution in [0.25, 0.3) is 16.9 Å². The Kier molecular flexibility index (Phi) is 3.44.